The van der Waals surface area contributed by atoms with Gasteiger partial charge in [0.1, 0.15) is 5.75 Å². The summed E-state index contributed by atoms with van der Waals surface area (Å²) in [6.45, 7) is 2.11. The average Bonchev–Trinajstić information content (AvgIpc) is 3.17. The average molecular weight is 376 g/mol. The van der Waals surface area contributed by atoms with E-state index in [9.17, 15) is 9.59 Å². The molecular weight excluding hydrogens is 352 g/mol. The third kappa shape index (κ3) is 3.79. The van der Waals surface area contributed by atoms with Crippen LogP contribution in [0.25, 0.3) is 6.08 Å². The van der Waals surface area contributed by atoms with Gasteiger partial charge in [0, 0.05) is 37.8 Å². The van der Waals surface area contributed by atoms with Crippen LogP contribution in [0.2, 0.25) is 0 Å². The molecule has 2 heterocycles. The van der Waals surface area contributed by atoms with Crippen LogP contribution in [0.1, 0.15) is 29.5 Å². The molecule has 1 saturated heterocycles. The van der Waals surface area contributed by atoms with E-state index in [2.05, 4.69) is 6.07 Å². The first-order chi connectivity index (χ1) is 13.6. The highest BCUT2D eigenvalue weighted by Crippen LogP contribution is 2.24. The Bertz CT molecular complexity index is 918. The van der Waals surface area contributed by atoms with Crippen molar-refractivity contribution in [2.45, 2.75) is 25.8 Å². The minimum Gasteiger partial charge on any atom is -0.497 e. The lowest BCUT2D eigenvalue weighted by molar-refractivity contribution is -0.126. The molecule has 0 spiro atoms. The van der Waals surface area contributed by atoms with Crippen molar-refractivity contribution < 1.29 is 14.3 Å². The number of nitrogens with zero attached hydrogens (tertiary/aromatic N) is 2. The highest BCUT2D eigenvalue weighted by Gasteiger charge is 2.21. The number of hydrogen-bond acceptors (Lipinski definition) is 3. The maximum atomic E-state index is 12.6. The van der Waals surface area contributed by atoms with Gasteiger partial charge >= 0.3 is 0 Å². The number of fused-ring (bicyclic) bond motifs is 1. The second kappa shape index (κ2) is 7.89. The third-order valence-electron chi connectivity index (χ3n) is 5.43. The molecule has 0 N–H and O–H groups in total. The molecule has 2 aromatic rings. The topological polar surface area (TPSA) is 49.9 Å². The minimum atomic E-state index is 0.00673. The zero-order valence-electron chi connectivity index (χ0n) is 16.1. The summed E-state index contributed by atoms with van der Waals surface area (Å²) in [5.74, 6) is 1.01. The van der Waals surface area contributed by atoms with Crippen molar-refractivity contribution in [2.24, 2.45) is 0 Å². The van der Waals surface area contributed by atoms with E-state index in [0.717, 1.165) is 48.5 Å². The lowest BCUT2D eigenvalue weighted by Crippen LogP contribution is -2.34. The molecule has 2 aliphatic rings. The molecule has 144 valence electrons. The van der Waals surface area contributed by atoms with E-state index in [-0.39, 0.29) is 11.8 Å². The SMILES string of the molecule is COc1ccc2c(c1)CN(C(=O)/C=C/c1ccc(N3CCCC3=O)cc1)CC2. The van der Waals surface area contributed by atoms with E-state index in [1.165, 1.54) is 5.56 Å². The maximum absolute atomic E-state index is 12.6. The molecule has 2 aromatic carbocycles. The van der Waals surface area contributed by atoms with Gasteiger partial charge in [0.15, 0.2) is 0 Å². The van der Waals surface area contributed by atoms with Crippen molar-refractivity contribution in [1.82, 2.24) is 4.90 Å². The van der Waals surface area contributed by atoms with Gasteiger partial charge in [0.25, 0.3) is 0 Å². The fourth-order valence-corrected chi connectivity index (χ4v) is 3.81. The zero-order chi connectivity index (χ0) is 19.5. The smallest absolute Gasteiger partial charge is 0.246 e. The fourth-order valence-electron chi connectivity index (χ4n) is 3.81. The summed E-state index contributed by atoms with van der Waals surface area (Å²) in [5.41, 5.74) is 4.29. The van der Waals surface area contributed by atoms with Crippen LogP contribution in [0.3, 0.4) is 0 Å². The van der Waals surface area contributed by atoms with Crippen LogP contribution in [-0.4, -0.2) is 36.9 Å². The Morgan fingerprint density at radius 1 is 1.04 bits per heavy atom. The molecule has 0 unspecified atom stereocenters. The van der Waals surface area contributed by atoms with Gasteiger partial charge in [-0.15, -0.1) is 0 Å². The van der Waals surface area contributed by atoms with Gasteiger partial charge in [-0.05, 0) is 59.9 Å². The Hall–Kier alpha value is -3.08. The molecule has 4 rings (SSSR count). The van der Waals surface area contributed by atoms with Gasteiger partial charge < -0.3 is 14.5 Å². The summed E-state index contributed by atoms with van der Waals surface area (Å²) in [4.78, 5) is 28.1. The van der Waals surface area contributed by atoms with Crippen molar-refractivity contribution >= 4 is 23.6 Å². The first kappa shape index (κ1) is 18.3. The molecule has 2 aliphatic heterocycles. The van der Waals surface area contributed by atoms with Gasteiger partial charge in [0.2, 0.25) is 11.8 Å². The van der Waals surface area contributed by atoms with Gasteiger partial charge in [-0.3, -0.25) is 9.59 Å². The van der Waals surface area contributed by atoms with Crippen LogP contribution in [0.5, 0.6) is 5.75 Å². The Kier molecular flexibility index (Phi) is 5.15. The number of anilines is 1. The van der Waals surface area contributed by atoms with Crippen molar-refractivity contribution in [3.05, 3.63) is 65.2 Å². The predicted molar refractivity (Wildman–Crippen MR) is 109 cm³/mol. The summed E-state index contributed by atoms with van der Waals surface area (Å²) >= 11 is 0. The first-order valence-electron chi connectivity index (χ1n) is 9.67. The van der Waals surface area contributed by atoms with E-state index in [4.69, 9.17) is 4.74 Å². The van der Waals surface area contributed by atoms with Crippen molar-refractivity contribution in [2.75, 3.05) is 25.1 Å². The second-order valence-corrected chi connectivity index (χ2v) is 7.22. The highest BCUT2D eigenvalue weighted by molar-refractivity contribution is 5.95. The molecule has 1 fully saturated rings. The molecule has 28 heavy (non-hydrogen) atoms. The molecule has 2 amide bonds. The first-order valence-corrected chi connectivity index (χ1v) is 9.67. The van der Waals surface area contributed by atoms with Crippen molar-refractivity contribution in [3.63, 3.8) is 0 Å². The standard InChI is InChI=1S/C23H24N2O3/c1-28-21-10-7-18-12-14-24(16-19(18)15-21)22(26)11-6-17-4-8-20(9-5-17)25-13-2-3-23(25)27/h4-11,15H,2-3,12-14,16H2,1H3/b11-6+. The van der Waals surface area contributed by atoms with E-state index in [1.807, 2.05) is 52.3 Å². The Balaban J connectivity index is 1.40. The van der Waals surface area contributed by atoms with Gasteiger partial charge in [0.05, 0.1) is 7.11 Å². The number of carbonyl (C=O) groups is 2. The summed E-state index contributed by atoms with van der Waals surface area (Å²) in [7, 11) is 1.65. The van der Waals surface area contributed by atoms with Crippen molar-refractivity contribution in [3.8, 4) is 5.75 Å². The number of amides is 2. The Labute approximate surface area is 165 Å². The molecule has 0 atom stereocenters. The zero-order valence-corrected chi connectivity index (χ0v) is 16.1. The number of hydrogen-bond donors (Lipinski definition) is 0. The number of rotatable bonds is 4. The molecular formula is C23H24N2O3. The van der Waals surface area contributed by atoms with E-state index in [0.29, 0.717) is 13.0 Å². The molecule has 0 bridgehead atoms. The largest absolute Gasteiger partial charge is 0.497 e. The highest BCUT2D eigenvalue weighted by atomic mass is 16.5. The molecule has 0 radical (unpaired) electrons. The van der Waals surface area contributed by atoms with Crippen molar-refractivity contribution in [1.29, 1.82) is 0 Å². The number of methoxy groups -OCH3 is 1. The Morgan fingerprint density at radius 2 is 1.86 bits per heavy atom. The predicted octanol–water partition coefficient (Wildman–Crippen LogP) is 3.42. The van der Waals surface area contributed by atoms with Crippen LogP contribution in [0.15, 0.2) is 48.5 Å². The Morgan fingerprint density at radius 3 is 2.57 bits per heavy atom. The molecule has 0 aromatic heterocycles. The lowest BCUT2D eigenvalue weighted by Gasteiger charge is -2.28. The van der Waals surface area contributed by atoms with E-state index in [1.54, 1.807) is 13.2 Å². The van der Waals surface area contributed by atoms with E-state index >= 15 is 0 Å². The second-order valence-electron chi connectivity index (χ2n) is 7.22. The van der Waals surface area contributed by atoms with Gasteiger partial charge in [-0.1, -0.05) is 18.2 Å². The third-order valence-corrected chi connectivity index (χ3v) is 5.43. The lowest BCUT2D eigenvalue weighted by atomic mass is 9.99. The monoisotopic (exact) mass is 376 g/mol. The van der Waals surface area contributed by atoms with Crippen LogP contribution in [0.4, 0.5) is 5.69 Å². The van der Waals surface area contributed by atoms with Crippen LogP contribution in [0, 0.1) is 0 Å². The molecule has 0 aliphatic carbocycles. The molecule has 0 saturated carbocycles. The van der Waals surface area contributed by atoms with Crippen LogP contribution < -0.4 is 9.64 Å². The van der Waals surface area contributed by atoms with Gasteiger partial charge in [-0.25, -0.2) is 0 Å². The summed E-state index contributed by atoms with van der Waals surface area (Å²) in [6.07, 6.45) is 5.86. The molecule has 5 heteroatoms. The summed E-state index contributed by atoms with van der Waals surface area (Å²) in [5, 5.41) is 0. The van der Waals surface area contributed by atoms with Crippen LogP contribution >= 0.6 is 0 Å². The quantitative estimate of drug-likeness (QED) is 0.769. The number of benzene rings is 2. The van der Waals surface area contributed by atoms with Crippen LogP contribution in [-0.2, 0) is 22.6 Å². The maximum Gasteiger partial charge on any atom is 0.246 e. The fraction of sp³-hybridized carbons (Fsp3) is 0.304. The molecule has 5 nitrogen and oxygen atoms in total. The normalized spacial score (nSPS) is 16.5. The van der Waals surface area contributed by atoms with Gasteiger partial charge in [-0.2, -0.15) is 0 Å². The number of ether oxygens (including phenoxy) is 1. The minimum absolute atomic E-state index is 0.00673. The summed E-state index contributed by atoms with van der Waals surface area (Å²) in [6, 6.07) is 13.8. The summed E-state index contributed by atoms with van der Waals surface area (Å²) < 4.78 is 5.29. The number of carbonyl (C=O) groups excluding carboxylic acids is 2. The van der Waals surface area contributed by atoms with E-state index < -0.39 is 0 Å².